The minimum atomic E-state index is -0.953. The van der Waals surface area contributed by atoms with Gasteiger partial charge in [0.2, 0.25) is 5.91 Å². The fourth-order valence-electron chi connectivity index (χ4n) is 2.55. The molecule has 1 atom stereocenters. The van der Waals surface area contributed by atoms with Gasteiger partial charge in [-0.2, -0.15) is 0 Å². The maximum atomic E-state index is 12.6. The lowest BCUT2D eigenvalue weighted by Gasteiger charge is -2.26. The molecule has 0 spiro atoms. The Labute approximate surface area is 165 Å². The van der Waals surface area contributed by atoms with Gasteiger partial charge in [-0.3, -0.25) is 14.5 Å². The van der Waals surface area contributed by atoms with Crippen LogP contribution in [-0.2, 0) is 9.59 Å². The first-order valence-corrected chi connectivity index (χ1v) is 8.60. The van der Waals surface area contributed by atoms with E-state index in [-0.39, 0.29) is 24.9 Å². The smallest absolute Gasteiger partial charge is 0.317 e. The molecule has 0 aliphatic carbocycles. The van der Waals surface area contributed by atoms with E-state index in [1.165, 1.54) is 0 Å². The summed E-state index contributed by atoms with van der Waals surface area (Å²) in [7, 11) is 0. The van der Waals surface area contributed by atoms with Gasteiger partial charge in [-0.25, -0.2) is 0 Å². The van der Waals surface area contributed by atoms with Crippen LogP contribution in [0.4, 0.5) is 5.69 Å². The second-order valence-corrected chi connectivity index (χ2v) is 5.94. The summed E-state index contributed by atoms with van der Waals surface area (Å²) in [4.78, 5) is 25.3. The lowest BCUT2D eigenvalue weighted by Crippen LogP contribution is -2.44. The normalized spacial score (nSPS) is 11.4. The SMILES string of the molecule is CCCN(CC(=O)O)C(C)C(=O)Nc1ccccc1Oc1ccccc1.Cl. The van der Waals surface area contributed by atoms with Crippen LogP contribution in [-0.4, -0.2) is 41.0 Å². The summed E-state index contributed by atoms with van der Waals surface area (Å²) in [5, 5.41) is 11.9. The van der Waals surface area contributed by atoms with Crippen LogP contribution in [0.1, 0.15) is 20.3 Å². The van der Waals surface area contributed by atoms with Crippen LogP contribution < -0.4 is 10.1 Å². The van der Waals surface area contributed by atoms with Gasteiger partial charge in [0.1, 0.15) is 5.75 Å². The second-order valence-electron chi connectivity index (χ2n) is 5.94. The molecular formula is C20H25ClN2O4. The van der Waals surface area contributed by atoms with Gasteiger partial charge in [0, 0.05) is 0 Å². The number of rotatable bonds is 9. The topological polar surface area (TPSA) is 78.9 Å². The van der Waals surface area contributed by atoms with Crippen LogP contribution in [0, 0.1) is 0 Å². The summed E-state index contributed by atoms with van der Waals surface area (Å²) in [5.41, 5.74) is 0.542. The van der Waals surface area contributed by atoms with Crippen LogP contribution in [0.25, 0.3) is 0 Å². The number of ether oxygens (including phenoxy) is 1. The molecule has 6 nitrogen and oxygen atoms in total. The van der Waals surface area contributed by atoms with E-state index in [2.05, 4.69) is 5.32 Å². The summed E-state index contributed by atoms with van der Waals surface area (Å²) in [6.07, 6.45) is 0.763. The Hall–Kier alpha value is -2.57. The molecule has 1 unspecified atom stereocenters. The number of carboxylic acids is 1. The number of carboxylic acid groups (broad SMARTS) is 1. The number of amides is 1. The molecule has 0 heterocycles. The second kappa shape index (κ2) is 11.2. The average Bonchev–Trinajstić information content (AvgIpc) is 2.63. The van der Waals surface area contributed by atoms with E-state index in [9.17, 15) is 9.59 Å². The molecule has 0 saturated carbocycles. The molecule has 146 valence electrons. The molecule has 2 aromatic rings. The number of carbonyl (C=O) groups excluding carboxylic acids is 1. The highest BCUT2D eigenvalue weighted by atomic mass is 35.5. The van der Waals surface area contributed by atoms with Gasteiger partial charge in [0.25, 0.3) is 0 Å². The number of hydrogen-bond donors (Lipinski definition) is 2. The predicted octanol–water partition coefficient (Wildman–Crippen LogP) is 4.02. The van der Waals surface area contributed by atoms with E-state index >= 15 is 0 Å². The minimum absolute atomic E-state index is 0. The maximum absolute atomic E-state index is 12.6. The van der Waals surface area contributed by atoms with Crippen molar-refractivity contribution in [2.75, 3.05) is 18.4 Å². The van der Waals surface area contributed by atoms with Gasteiger partial charge >= 0.3 is 5.97 Å². The standard InChI is InChI=1S/C20H24N2O4.ClH/c1-3-13-22(14-19(23)24)15(2)20(25)21-17-11-7-8-12-18(17)26-16-9-5-4-6-10-16;/h4-12,15H,3,13-14H2,1-2H3,(H,21,25)(H,23,24);1H. The van der Waals surface area contributed by atoms with E-state index in [1.807, 2.05) is 43.3 Å². The number of nitrogens with one attached hydrogen (secondary N) is 1. The molecule has 27 heavy (non-hydrogen) atoms. The Bertz CT molecular complexity index is 740. The Morgan fingerprint density at radius 2 is 1.74 bits per heavy atom. The van der Waals surface area contributed by atoms with Crippen LogP contribution in [0.15, 0.2) is 54.6 Å². The predicted molar refractivity (Wildman–Crippen MR) is 108 cm³/mol. The molecule has 2 aromatic carbocycles. The van der Waals surface area contributed by atoms with Crippen molar-refractivity contribution in [1.29, 1.82) is 0 Å². The van der Waals surface area contributed by atoms with E-state index in [0.29, 0.717) is 23.7 Å². The molecule has 2 N–H and O–H groups in total. The molecule has 0 bridgehead atoms. The fourth-order valence-corrected chi connectivity index (χ4v) is 2.55. The Morgan fingerprint density at radius 1 is 1.11 bits per heavy atom. The maximum Gasteiger partial charge on any atom is 0.317 e. The third-order valence-electron chi connectivity index (χ3n) is 3.89. The van der Waals surface area contributed by atoms with Crippen molar-refractivity contribution in [1.82, 2.24) is 4.90 Å². The highest BCUT2D eigenvalue weighted by molar-refractivity contribution is 5.96. The number of aliphatic carboxylic acids is 1. The summed E-state index contributed by atoms with van der Waals surface area (Å²) in [6.45, 7) is 4.00. The summed E-state index contributed by atoms with van der Waals surface area (Å²) in [5.74, 6) is -0.0324. The molecule has 7 heteroatoms. The van der Waals surface area contributed by atoms with Crippen molar-refractivity contribution in [2.24, 2.45) is 0 Å². The van der Waals surface area contributed by atoms with Crippen LogP contribution in [0.5, 0.6) is 11.5 Å². The molecule has 0 aliphatic heterocycles. The van der Waals surface area contributed by atoms with Gasteiger partial charge in [-0.15, -0.1) is 12.4 Å². The Kier molecular flexibility index (Phi) is 9.33. The first-order chi connectivity index (χ1) is 12.5. The lowest BCUT2D eigenvalue weighted by molar-refractivity contribution is -0.139. The molecule has 0 radical (unpaired) electrons. The van der Waals surface area contributed by atoms with Crippen LogP contribution in [0.2, 0.25) is 0 Å². The third-order valence-corrected chi connectivity index (χ3v) is 3.89. The van der Waals surface area contributed by atoms with Gasteiger partial charge in [0.05, 0.1) is 18.3 Å². The van der Waals surface area contributed by atoms with Gasteiger partial charge in [-0.1, -0.05) is 37.3 Å². The third kappa shape index (κ3) is 6.92. The molecule has 0 fully saturated rings. The van der Waals surface area contributed by atoms with Crippen molar-refractivity contribution in [3.05, 3.63) is 54.6 Å². The molecule has 0 aliphatic rings. The Balaban J connectivity index is 0.00000364. The minimum Gasteiger partial charge on any atom is -0.480 e. The molecule has 0 aromatic heterocycles. The summed E-state index contributed by atoms with van der Waals surface area (Å²) >= 11 is 0. The molecule has 1 amide bonds. The van der Waals surface area contributed by atoms with E-state index in [1.54, 1.807) is 30.0 Å². The summed E-state index contributed by atoms with van der Waals surface area (Å²) in [6, 6.07) is 15.9. The lowest BCUT2D eigenvalue weighted by atomic mass is 10.2. The number of nitrogens with zero attached hydrogens (tertiary/aromatic N) is 1. The number of anilines is 1. The van der Waals surface area contributed by atoms with Crippen molar-refractivity contribution >= 4 is 30.0 Å². The largest absolute Gasteiger partial charge is 0.480 e. The highest BCUT2D eigenvalue weighted by Gasteiger charge is 2.23. The zero-order chi connectivity index (χ0) is 18.9. The van der Waals surface area contributed by atoms with Crippen LogP contribution >= 0.6 is 12.4 Å². The van der Waals surface area contributed by atoms with E-state index in [4.69, 9.17) is 9.84 Å². The van der Waals surface area contributed by atoms with Gasteiger partial charge in [-0.05, 0) is 44.2 Å². The monoisotopic (exact) mass is 392 g/mol. The quantitative estimate of drug-likeness (QED) is 0.673. The summed E-state index contributed by atoms with van der Waals surface area (Å²) < 4.78 is 5.84. The average molecular weight is 393 g/mol. The highest BCUT2D eigenvalue weighted by Crippen LogP contribution is 2.29. The zero-order valence-corrected chi connectivity index (χ0v) is 16.2. The van der Waals surface area contributed by atoms with Crippen molar-refractivity contribution in [3.8, 4) is 11.5 Å². The number of hydrogen-bond acceptors (Lipinski definition) is 4. The Morgan fingerprint density at radius 3 is 2.37 bits per heavy atom. The van der Waals surface area contributed by atoms with E-state index in [0.717, 1.165) is 6.42 Å². The van der Waals surface area contributed by atoms with Gasteiger partial charge < -0.3 is 15.2 Å². The first-order valence-electron chi connectivity index (χ1n) is 8.60. The van der Waals surface area contributed by atoms with Crippen molar-refractivity contribution in [3.63, 3.8) is 0 Å². The van der Waals surface area contributed by atoms with E-state index < -0.39 is 12.0 Å². The van der Waals surface area contributed by atoms with Crippen LogP contribution in [0.3, 0.4) is 0 Å². The van der Waals surface area contributed by atoms with Crippen molar-refractivity contribution in [2.45, 2.75) is 26.3 Å². The number of benzene rings is 2. The van der Waals surface area contributed by atoms with Crippen molar-refractivity contribution < 1.29 is 19.4 Å². The number of para-hydroxylation sites is 3. The molecule has 2 rings (SSSR count). The first kappa shape index (κ1) is 22.5. The number of halogens is 1. The molecule has 0 saturated heterocycles. The fraction of sp³-hybridized carbons (Fsp3) is 0.300. The van der Waals surface area contributed by atoms with Gasteiger partial charge in [0.15, 0.2) is 5.75 Å². The molecular weight excluding hydrogens is 368 g/mol. The number of carbonyl (C=O) groups is 2. The zero-order valence-electron chi connectivity index (χ0n) is 15.4.